The zero-order chi connectivity index (χ0) is 29.2. The molecule has 0 bridgehead atoms. The number of ketones is 1. The van der Waals surface area contributed by atoms with Gasteiger partial charge in [0.15, 0.2) is 11.5 Å². The molecule has 1 unspecified atom stereocenters. The minimum Gasteiger partial charge on any atom is -0.507 e. The van der Waals surface area contributed by atoms with Gasteiger partial charge in [-0.15, -0.1) is 0 Å². The number of carbonyl (C=O) groups excluding carboxylic acids is 2. The van der Waals surface area contributed by atoms with Crippen LogP contribution in [0.2, 0.25) is 0 Å². The van der Waals surface area contributed by atoms with E-state index in [4.69, 9.17) is 14.2 Å². The molecule has 2 aromatic carbocycles. The molecule has 0 spiro atoms. The Morgan fingerprint density at radius 2 is 1.61 bits per heavy atom. The van der Waals surface area contributed by atoms with Crippen LogP contribution in [0.15, 0.2) is 72.6 Å². The van der Waals surface area contributed by atoms with Crippen LogP contribution < -0.4 is 14.2 Å². The molecule has 4 rings (SSSR count). The number of hydrogen-bond donors (Lipinski definition) is 1. The number of rotatable bonds is 14. The highest BCUT2D eigenvalue weighted by atomic mass is 16.5. The molecule has 8 nitrogen and oxygen atoms in total. The molecule has 1 aliphatic rings. The van der Waals surface area contributed by atoms with Gasteiger partial charge < -0.3 is 24.2 Å². The van der Waals surface area contributed by atoms with E-state index in [2.05, 4.69) is 11.9 Å². The number of aliphatic hydroxyl groups is 1. The fraction of sp³-hybridized carbons (Fsp3) is 0.364. The number of aliphatic hydroxyl groups excluding tert-OH is 1. The summed E-state index contributed by atoms with van der Waals surface area (Å²) in [6.45, 7) is 7.76. The van der Waals surface area contributed by atoms with Crippen LogP contribution in [-0.2, 0) is 16.1 Å². The quantitative estimate of drug-likeness (QED) is 0.105. The van der Waals surface area contributed by atoms with Gasteiger partial charge in [-0.05, 0) is 79.4 Å². The number of unbranched alkanes of at least 4 members (excludes halogenated alkanes) is 2. The van der Waals surface area contributed by atoms with Crippen molar-refractivity contribution in [1.82, 2.24) is 9.88 Å². The molecule has 8 heteroatoms. The number of nitrogens with zero attached hydrogens (tertiary/aromatic N) is 2. The summed E-state index contributed by atoms with van der Waals surface area (Å²) < 4.78 is 17.6. The monoisotopic (exact) mass is 558 g/mol. The van der Waals surface area contributed by atoms with Gasteiger partial charge in [-0.3, -0.25) is 14.6 Å². The third kappa shape index (κ3) is 7.06. The van der Waals surface area contributed by atoms with E-state index in [0.717, 1.165) is 31.2 Å². The van der Waals surface area contributed by atoms with Crippen LogP contribution in [0.3, 0.4) is 0 Å². The molecule has 2 heterocycles. The number of carbonyl (C=O) groups is 2. The van der Waals surface area contributed by atoms with Crippen molar-refractivity contribution in [3.05, 3.63) is 89.3 Å². The second-order valence-electron chi connectivity index (χ2n) is 9.85. The standard InChI is InChI=1S/C33H38N2O6/c1-4-7-8-20-41-27-14-11-25(21-28(27)39-6-3)30-29(31(36)24-9-12-26(13-10-24)40-19-5-2)32(37)33(38)35(30)22-23-15-17-34-18-16-23/h9-18,21,30,36H,4-8,19-20,22H2,1-3H3. The van der Waals surface area contributed by atoms with Crippen molar-refractivity contribution in [3.63, 3.8) is 0 Å². The number of ether oxygens (including phenoxy) is 3. The lowest BCUT2D eigenvalue weighted by atomic mass is 9.94. The van der Waals surface area contributed by atoms with Crippen molar-refractivity contribution in [3.8, 4) is 17.2 Å². The second kappa shape index (κ2) is 14.3. The van der Waals surface area contributed by atoms with Gasteiger partial charge in [0, 0.05) is 24.5 Å². The molecule has 0 radical (unpaired) electrons. The first kappa shape index (κ1) is 29.6. The summed E-state index contributed by atoms with van der Waals surface area (Å²) in [5.74, 6) is 0.105. The second-order valence-corrected chi connectivity index (χ2v) is 9.85. The van der Waals surface area contributed by atoms with Crippen LogP contribution in [0, 0.1) is 0 Å². The third-order valence-electron chi connectivity index (χ3n) is 6.83. The van der Waals surface area contributed by atoms with Gasteiger partial charge in [0.05, 0.1) is 31.4 Å². The Balaban J connectivity index is 1.77. The molecule has 1 aromatic heterocycles. The number of benzene rings is 2. The molecule has 3 aromatic rings. The van der Waals surface area contributed by atoms with E-state index < -0.39 is 17.7 Å². The Hall–Kier alpha value is -4.33. The number of Topliss-reactive ketones (excluding diaryl/α,β-unsaturated/α-hetero) is 1. The molecule has 41 heavy (non-hydrogen) atoms. The van der Waals surface area contributed by atoms with Crippen LogP contribution >= 0.6 is 0 Å². The van der Waals surface area contributed by atoms with E-state index in [9.17, 15) is 14.7 Å². The van der Waals surface area contributed by atoms with E-state index in [1.54, 1.807) is 60.9 Å². The summed E-state index contributed by atoms with van der Waals surface area (Å²) in [6.07, 6.45) is 7.23. The Kier molecular flexibility index (Phi) is 10.4. The molecular weight excluding hydrogens is 520 g/mol. The smallest absolute Gasteiger partial charge is 0.295 e. The minimum absolute atomic E-state index is 0.0188. The predicted octanol–water partition coefficient (Wildman–Crippen LogP) is 6.46. The van der Waals surface area contributed by atoms with Crippen LogP contribution in [0.1, 0.15) is 69.2 Å². The van der Waals surface area contributed by atoms with Crippen LogP contribution in [-0.4, -0.2) is 46.5 Å². The lowest BCUT2D eigenvalue weighted by Gasteiger charge is -2.26. The van der Waals surface area contributed by atoms with Gasteiger partial charge >= 0.3 is 0 Å². The molecule has 1 amide bonds. The van der Waals surface area contributed by atoms with Crippen LogP contribution in [0.25, 0.3) is 5.76 Å². The Bertz CT molecular complexity index is 1350. The maximum absolute atomic E-state index is 13.5. The molecule has 1 saturated heterocycles. The summed E-state index contributed by atoms with van der Waals surface area (Å²) >= 11 is 0. The average Bonchev–Trinajstić information content (AvgIpc) is 3.24. The summed E-state index contributed by atoms with van der Waals surface area (Å²) in [7, 11) is 0. The number of pyridine rings is 1. The lowest BCUT2D eigenvalue weighted by molar-refractivity contribution is -0.140. The first-order valence-electron chi connectivity index (χ1n) is 14.3. The number of amides is 1. The van der Waals surface area contributed by atoms with Crippen molar-refractivity contribution in [1.29, 1.82) is 0 Å². The maximum atomic E-state index is 13.5. The third-order valence-corrected chi connectivity index (χ3v) is 6.83. The van der Waals surface area contributed by atoms with E-state index in [0.29, 0.717) is 48.2 Å². The van der Waals surface area contributed by atoms with Crippen molar-refractivity contribution in [2.24, 2.45) is 0 Å². The Morgan fingerprint density at radius 3 is 2.29 bits per heavy atom. The SMILES string of the molecule is CCCCCOc1ccc(C2C(=C(O)c3ccc(OCCC)cc3)C(=O)C(=O)N2Cc2ccncc2)cc1OCC. The molecule has 1 N–H and O–H groups in total. The summed E-state index contributed by atoms with van der Waals surface area (Å²) in [5, 5.41) is 11.5. The maximum Gasteiger partial charge on any atom is 0.295 e. The molecule has 1 fully saturated rings. The highest BCUT2D eigenvalue weighted by Gasteiger charge is 2.46. The first-order chi connectivity index (χ1) is 20.0. The fourth-order valence-corrected chi connectivity index (χ4v) is 4.78. The van der Waals surface area contributed by atoms with E-state index >= 15 is 0 Å². The largest absolute Gasteiger partial charge is 0.507 e. The Morgan fingerprint density at radius 1 is 0.854 bits per heavy atom. The first-order valence-corrected chi connectivity index (χ1v) is 14.3. The van der Waals surface area contributed by atoms with Crippen LogP contribution in [0.4, 0.5) is 0 Å². The lowest BCUT2D eigenvalue weighted by Crippen LogP contribution is -2.29. The van der Waals surface area contributed by atoms with Gasteiger partial charge in [0.25, 0.3) is 11.7 Å². The van der Waals surface area contributed by atoms with Gasteiger partial charge in [-0.2, -0.15) is 0 Å². The van der Waals surface area contributed by atoms with Gasteiger partial charge in [0.1, 0.15) is 11.5 Å². The molecule has 0 saturated carbocycles. The molecule has 1 aliphatic heterocycles. The van der Waals surface area contributed by atoms with Crippen molar-refractivity contribution < 1.29 is 28.9 Å². The number of hydrogen-bond acceptors (Lipinski definition) is 7. The number of aromatic nitrogens is 1. The molecular formula is C33H38N2O6. The van der Waals surface area contributed by atoms with Gasteiger partial charge in [0.2, 0.25) is 0 Å². The molecule has 216 valence electrons. The Labute approximate surface area is 241 Å². The fourth-order valence-electron chi connectivity index (χ4n) is 4.78. The predicted molar refractivity (Wildman–Crippen MR) is 157 cm³/mol. The topological polar surface area (TPSA) is 98.2 Å². The van der Waals surface area contributed by atoms with Gasteiger partial charge in [-0.25, -0.2) is 0 Å². The molecule has 0 aliphatic carbocycles. The summed E-state index contributed by atoms with van der Waals surface area (Å²) in [6, 6.07) is 15.0. The van der Waals surface area contributed by atoms with Crippen molar-refractivity contribution >= 4 is 17.4 Å². The highest BCUT2D eigenvalue weighted by molar-refractivity contribution is 6.46. The van der Waals surface area contributed by atoms with Crippen molar-refractivity contribution in [2.75, 3.05) is 19.8 Å². The molecule has 1 atom stereocenters. The number of likely N-dealkylation sites (tertiary alicyclic amines) is 1. The van der Waals surface area contributed by atoms with E-state index in [1.807, 2.05) is 19.9 Å². The minimum atomic E-state index is -0.840. The van der Waals surface area contributed by atoms with Crippen LogP contribution in [0.5, 0.6) is 17.2 Å². The van der Waals surface area contributed by atoms with E-state index in [1.165, 1.54) is 4.90 Å². The van der Waals surface area contributed by atoms with E-state index in [-0.39, 0.29) is 17.9 Å². The summed E-state index contributed by atoms with van der Waals surface area (Å²) in [4.78, 5) is 32.5. The zero-order valence-electron chi connectivity index (χ0n) is 24.0. The van der Waals surface area contributed by atoms with Gasteiger partial charge in [-0.1, -0.05) is 32.8 Å². The van der Waals surface area contributed by atoms with Crippen molar-refractivity contribution in [2.45, 2.75) is 59.0 Å². The average molecular weight is 559 g/mol. The normalized spacial score (nSPS) is 16.2. The zero-order valence-corrected chi connectivity index (χ0v) is 24.0. The summed E-state index contributed by atoms with van der Waals surface area (Å²) in [5.41, 5.74) is 1.88. The highest BCUT2D eigenvalue weighted by Crippen LogP contribution is 2.43.